The molecule has 0 spiro atoms. The first-order valence-corrected chi connectivity index (χ1v) is 6.43. The maximum Gasteiger partial charge on any atom is 0.223 e. The zero-order chi connectivity index (χ0) is 11.7. The van der Waals surface area contributed by atoms with Crippen molar-refractivity contribution in [1.29, 1.82) is 0 Å². The number of carbonyl (C=O) groups excluding carboxylic acids is 1. The molecule has 0 aliphatic carbocycles. The van der Waals surface area contributed by atoms with Crippen LogP contribution in [0.3, 0.4) is 0 Å². The van der Waals surface area contributed by atoms with Crippen molar-refractivity contribution in [3.63, 3.8) is 0 Å². The van der Waals surface area contributed by atoms with Gasteiger partial charge in [-0.3, -0.25) is 4.79 Å². The Balaban J connectivity index is 2.31. The summed E-state index contributed by atoms with van der Waals surface area (Å²) in [4.78, 5) is 20.7. The molecule has 0 fully saturated rings. The molecule has 0 radical (unpaired) electrons. The van der Waals surface area contributed by atoms with E-state index in [0.717, 1.165) is 21.3 Å². The highest BCUT2D eigenvalue weighted by Gasteiger charge is 2.11. The molecule has 0 aliphatic heterocycles. The third-order valence-corrected chi connectivity index (χ3v) is 3.78. The molecule has 1 N–H and O–H groups in total. The van der Waals surface area contributed by atoms with Crippen LogP contribution in [-0.4, -0.2) is 15.9 Å². The first-order chi connectivity index (χ1) is 7.56. The number of hydrogen-bond acceptors (Lipinski definition) is 5. The van der Waals surface area contributed by atoms with Crippen molar-refractivity contribution in [1.82, 2.24) is 9.97 Å². The van der Waals surface area contributed by atoms with E-state index in [9.17, 15) is 4.79 Å². The summed E-state index contributed by atoms with van der Waals surface area (Å²) in [6, 6.07) is 0. The molecule has 16 heavy (non-hydrogen) atoms. The molecular weight excluding hydrogens is 242 g/mol. The van der Waals surface area contributed by atoms with E-state index in [1.807, 2.05) is 19.2 Å². The van der Waals surface area contributed by atoms with Crippen molar-refractivity contribution >= 4 is 33.7 Å². The summed E-state index contributed by atoms with van der Waals surface area (Å²) in [6.07, 6.45) is 0. The molecule has 0 bridgehead atoms. The number of rotatable bonds is 2. The van der Waals surface area contributed by atoms with E-state index < -0.39 is 0 Å². The summed E-state index contributed by atoms with van der Waals surface area (Å²) in [5.41, 5.74) is 1.87. The number of nitrogens with zero attached hydrogens (tertiary/aromatic N) is 2. The number of aromatic nitrogens is 2. The second-order valence-electron chi connectivity index (χ2n) is 3.37. The zero-order valence-electron chi connectivity index (χ0n) is 9.20. The predicted molar refractivity (Wildman–Crippen MR) is 67.0 cm³/mol. The van der Waals surface area contributed by atoms with Gasteiger partial charge < -0.3 is 5.32 Å². The van der Waals surface area contributed by atoms with E-state index in [0.29, 0.717) is 5.13 Å². The fourth-order valence-corrected chi connectivity index (χ4v) is 3.06. The minimum absolute atomic E-state index is 0.0990. The zero-order valence-corrected chi connectivity index (χ0v) is 10.8. The van der Waals surface area contributed by atoms with Crippen molar-refractivity contribution < 1.29 is 4.79 Å². The average molecular weight is 253 g/mol. The Kier molecular flexibility index (Phi) is 3.02. The minimum Gasteiger partial charge on any atom is -0.302 e. The van der Waals surface area contributed by atoms with Gasteiger partial charge in [0, 0.05) is 12.3 Å². The van der Waals surface area contributed by atoms with Crippen LogP contribution in [0, 0.1) is 13.8 Å². The lowest BCUT2D eigenvalue weighted by atomic mass is 10.3. The van der Waals surface area contributed by atoms with E-state index in [4.69, 9.17) is 0 Å². The summed E-state index contributed by atoms with van der Waals surface area (Å²) < 4.78 is 0. The summed E-state index contributed by atoms with van der Waals surface area (Å²) in [7, 11) is 0. The highest BCUT2D eigenvalue weighted by molar-refractivity contribution is 7.16. The van der Waals surface area contributed by atoms with Gasteiger partial charge in [0.25, 0.3) is 0 Å². The number of thiazole rings is 2. The molecule has 0 aliphatic rings. The van der Waals surface area contributed by atoms with Crippen LogP contribution in [0.4, 0.5) is 5.13 Å². The van der Waals surface area contributed by atoms with E-state index in [1.54, 1.807) is 11.3 Å². The highest BCUT2D eigenvalue weighted by atomic mass is 32.1. The van der Waals surface area contributed by atoms with Crippen LogP contribution in [0.15, 0.2) is 5.38 Å². The summed E-state index contributed by atoms with van der Waals surface area (Å²) in [6.45, 7) is 5.42. The standard InChI is InChI=1S/C10H11N3OS2/c1-5-9(16-7(3)11-5)8-4-15-10(13-8)12-6(2)14/h4H,1-3H3,(H,12,13,14). The molecule has 0 saturated carbocycles. The van der Waals surface area contributed by atoms with Gasteiger partial charge in [-0.25, -0.2) is 9.97 Å². The van der Waals surface area contributed by atoms with Gasteiger partial charge in [-0.1, -0.05) is 0 Å². The highest BCUT2D eigenvalue weighted by Crippen LogP contribution is 2.31. The third kappa shape index (κ3) is 2.28. The first kappa shape index (κ1) is 11.2. The maximum atomic E-state index is 10.9. The van der Waals surface area contributed by atoms with Crippen LogP contribution in [0.25, 0.3) is 10.6 Å². The van der Waals surface area contributed by atoms with Crippen LogP contribution in [-0.2, 0) is 4.79 Å². The normalized spacial score (nSPS) is 10.4. The lowest BCUT2D eigenvalue weighted by Gasteiger charge is -1.93. The van der Waals surface area contributed by atoms with Gasteiger partial charge >= 0.3 is 0 Å². The van der Waals surface area contributed by atoms with Crippen LogP contribution in [0.2, 0.25) is 0 Å². The molecule has 4 nitrogen and oxygen atoms in total. The largest absolute Gasteiger partial charge is 0.302 e. The van der Waals surface area contributed by atoms with E-state index >= 15 is 0 Å². The number of hydrogen-bond donors (Lipinski definition) is 1. The van der Waals surface area contributed by atoms with Crippen LogP contribution >= 0.6 is 22.7 Å². The molecule has 2 heterocycles. The van der Waals surface area contributed by atoms with Gasteiger partial charge in [0.1, 0.15) is 0 Å². The smallest absolute Gasteiger partial charge is 0.223 e. The number of anilines is 1. The number of aryl methyl sites for hydroxylation is 2. The minimum atomic E-state index is -0.0990. The van der Waals surface area contributed by atoms with Crippen molar-refractivity contribution in [2.75, 3.05) is 5.32 Å². The molecule has 84 valence electrons. The fraction of sp³-hybridized carbons (Fsp3) is 0.300. The molecule has 2 rings (SSSR count). The number of carbonyl (C=O) groups is 1. The topological polar surface area (TPSA) is 54.9 Å². The van der Waals surface area contributed by atoms with Crippen LogP contribution in [0.5, 0.6) is 0 Å². The monoisotopic (exact) mass is 253 g/mol. The van der Waals surface area contributed by atoms with Crippen LogP contribution in [0.1, 0.15) is 17.6 Å². The average Bonchev–Trinajstić information content (AvgIpc) is 2.72. The second kappa shape index (κ2) is 4.31. The van der Waals surface area contributed by atoms with Crippen molar-refractivity contribution in [3.8, 4) is 10.6 Å². The molecule has 2 aromatic rings. The number of amides is 1. The Labute approximate surface area is 101 Å². The lowest BCUT2D eigenvalue weighted by Crippen LogP contribution is -2.04. The first-order valence-electron chi connectivity index (χ1n) is 4.74. The molecule has 0 saturated heterocycles. The summed E-state index contributed by atoms with van der Waals surface area (Å²) >= 11 is 3.05. The molecule has 0 atom stereocenters. The summed E-state index contributed by atoms with van der Waals surface area (Å²) in [5.74, 6) is -0.0990. The molecule has 0 unspecified atom stereocenters. The van der Waals surface area contributed by atoms with E-state index in [1.165, 1.54) is 18.3 Å². The van der Waals surface area contributed by atoms with Gasteiger partial charge in [0.15, 0.2) is 5.13 Å². The maximum absolute atomic E-state index is 10.9. The predicted octanol–water partition coefficient (Wildman–Crippen LogP) is 2.84. The van der Waals surface area contributed by atoms with Gasteiger partial charge in [0.05, 0.1) is 21.3 Å². The van der Waals surface area contributed by atoms with Crippen molar-refractivity contribution in [2.45, 2.75) is 20.8 Å². The number of nitrogens with one attached hydrogen (secondary N) is 1. The van der Waals surface area contributed by atoms with Crippen LogP contribution < -0.4 is 5.32 Å². The van der Waals surface area contributed by atoms with E-state index in [-0.39, 0.29) is 5.91 Å². The third-order valence-electron chi connectivity index (χ3n) is 1.92. The fourth-order valence-electron chi connectivity index (χ4n) is 1.35. The Morgan fingerprint density at radius 2 is 2.12 bits per heavy atom. The molecule has 1 amide bonds. The Bertz CT molecular complexity index is 530. The molecule has 2 aromatic heterocycles. The van der Waals surface area contributed by atoms with Crippen molar-refractivity contribution in [2.24, 2.45) is 0 Å². The Morgan fingerprint density at radius 3 is 2.69 bits per heavy atom. The Hall–Kier alpha value is -1.27. The van der Waals surface area contributed by atoms with Gasteiger partial charge in [-0.05, 0) is 13.8 Å². The van der Waals surface area contributed by atoms with Gasteiger partial charge in [0.2, 0.25) is 5.91 Å². The second-order valence-corrected chi connectivity index (χ2v) is 5.43. The molecule has 6 heteroatoms. The van der Waals surface area contributed by atoms with E-state index in [2.05, 4.69) is 15.3 Å². The van der Waals surface area contributed by atoms with Gasteiger partial charge in [-0.15, -0.1) is 22.7 Å². The molecule has 0 aromatic carbocycles. The summed E-state index contributed by atoms with van der Waals surface area (Å²) in [5, 5.41) is 6.27. The SMILES string of the molecule is CC(=O)Nc1nc(-c2sc(C)nc2C)cs1. The van der Waals surface area contributed by atoms with Crippen molar-refractivity contribution in [3.05, 3.63) is 16.1 Å². The quantitative estimate of drug-likeness (QED) is 0.895. The molecular formula is C10H11N3OS2. The lowest BCUT2D eigenvalue weighted by molar-refractivity contribution is -0.114. The van der Waals surface area contributed by atoms with Gasteiger partial charge in [-0.2, -0.15) is 0 Å². The Morgan fingerprint density at radius 1 is 1.38 bits per heavy atom.